The average Bonchev–Trinajstić information content (AvgIpc) is 3.78. The second kappa shape index (κ2) is 12.1. The summed E-state index contributed by atoms with van der Waals surface area (Å²) in [6.07, 6.45) is 2.42. The minimum absolute atomic E-state index is 0.0965. The average molecular weight is 770 g/mol. The number of hydrogen-bond donors (Lipinski definition) is 0. The summed E-state index contributed by atoms with van der Waals surface area (Å²) in [5, 5.41) is 2.65. The lowest BCUT2D eigenvalue weighted by Gasteiger charge is -2.42. The minimum Gasteiger partial charge on any atom is -0.310 e. The first kappa shape index (κ1) is 35.7. The molecule has 0 amide bonds. The van der Waals surface area contributed by atoms with Crippen molar-refractivity contribution in [2.24, 2.45) is 0 Å². The largest absolute Gasteiger partial charge is 0.310 e. The Morgan fingerprint density at radius 1 is 0.397 bits per heavy atom. The van der Waals surface area contributed by atoms with E-state index in [1.54, 1.807) is 0 Å². The standard InChI is InChI=1S/C56H51NS/c1-53(2)27-28-54(3,4)49-33-47-42(32-48(49)53)41-30-35(23-25-45(41)56(47,7)8)57(36-22-24-39-38-16-9-12-18-44(38)55(5,6)46(39)31-36)50-19-13-10-15-37(50)34-21-26-52-43(29-34)40-17-11-14-20-51(40)58-52/h9-26,29-33H,27-28H2,1-8H3. The molecular formula is C56H51NS. The third-order valence-electron chi connectivity index (χ3n) is 14.5. The van der Waals surface area contributed by atoms with E-state index >= 15 is 0 Å². The van der Waals surface area contributed by atoms with E-state index in [4.69, 9.17) is 0 Å². The third kappa shape index (κ3) is 5.00. The molecule has 7 aromatic carbocycles. The van der Waals surface area contributed by atoms with E-state index in [1.165, 1.54) is 117 Å². The van der Waals surface area contributed by atoms with Crippen LogP contribution in [0.5, 0.6) is 0 Å². The fraction of sp³-hybridized carbons (Fsp3) is 0.250. The van der Waals surface area contributed by atoms with Crippen molar-refractivity contribution in [2.45, 2.75) is 89.9 Å². The topological polar surface area (TPSA) is 3.24 Å². The van der Waals surface area contributed by atoms with Crippen LogP contribution in [0.4, 0.5) is 17.1 Å². The Kier molecular flexibility index (Phi) is 7.42. The molecule has 58 heavy (non-hydrogen) atoms. The van der Waals surface area contributed by atoms with E-state index < -0.39 is 0 Å². The predicted octanol–water partition coefficient (Wildman–Crippen LogP) is 16.2. The van der Waals surface area contributed by atoms with Crippen LogP contribution < -0.4 is 4.90 Å². The molecule has 1 aromatic heterocycles. The van der Waals surface area contributed by atoms with Crippen LogP contribution in [0.3, 0.4) is 0 Å². The molecule has 1 heterocycles. The number of nitrogens with zero attached hydrogens (tertiary/aromatic N) is 1. The van der Waals surface area contributed by atoms with Crippen LogP contribution in [-0.2, 0) is 21.7 Å². The van der Waals surface area contributed by atoms with Gasteiger partial charge in [0.25, 0.3) is 0 Å². The van der Waals surface area contributed by atoms with E-state index in [9.17, 15) is 0 Å². The SMILES string of the molecule is CC1(C)CCC(C)(C)c2cc3c(cc21)-c1cc(N(c2ccc4c(c2)C(C)(C)c2ccccc2-4)c2ccccc2-c2ccc4sc5ccccc5c4c2)ccc1C3(C)C. The number of thiophene rings is 1. The van der Waals surface area contributed by atoms with E-state index in [-0.39, 0.29) is 21.7 Å². The zero-order chi connectivity index (χ0) is 39.9. The van der Waals surface area contributed by atoms with Crippen molar-refractivity contribution in [2.75, 3.05) is 4.90 Å². The summed E-state index contributed by atoms with van der Waals surface area (Å²) in [4.78, 5) is 2.54. The van der Waals surface area contributed by atoms with E-state index in [1.807, 2.05) is 11.3 Å². The van der Waals surface area contributed by atoms with E-state index in [0.717, 1.165) is 0 Å². The van der Waals surface area contributed by atoms with Crippen LogP contribution >= 0.6 is 11.3 Å². The first-order valence-corrected chi connectivity index (χ1v) is 22.0. The van der Waals surface area contributed by atoms with Gasteiger partial charge >= 0.3 is 0 Å². The molecule has 0 spiro atoms. The molecule has 286 valence electrons. The maximum atomic E-state index is 2.60. The normalized spacial score (nSPS) is 17.4. The van der Waals surface area contributed by atoms with Gasteiger partial charge < -0.3 is 4.90 Å². The molecular weight excluding hydrogens is 719 g/mol. The van der Waals surface area contributed by atoms with Gasteiger partial charge in [0.1, 0.15) is 0 Å². The van der Waals surface area contributed by atoms with Crippen molar-refractivity contribution in [3.05, 3.63) is 173 Å². The summed E-state index contributed by atoms with van der Waals surface area (Å²) in [7, 11) is 0. The summed E-state index contributed by atoms with van der Waals surface area (Å²) in [6.45, 7) is 19.4. The highest BCUT2D eigenvalue weighted by molar-refractivity contribution is 7.25. The number of para-hydroxylation sites is 1. The van der Waals surface area contributed by atoms with Crippen molar-refractivity contribution in [3.8, 4) is 33.4 Å². The van der Waals surface area contributed by atoms with Crippen LogP contribution in [0.1, 0.15) is 102 Å². The quantitative estimate of drug-likeness (QED) is 0.172. The van der Waals surface area contributed by atoms with Gasteiger partial charge in [-0.15, -0.1) is 11.3 Å². The summed E-state index contributed by atoms with van der Waals surface area (Å²) in [5.74, 6) is 0. The van der Waals surface area contributed by atoms with Crippen LogP contribution in [0, 0.1) is 0 Å². The zero-order valence-corrected chi connectivity index (χ0v) is 35.9. The molecule has 2 heteroatoms. The Morgan fingerprint density at radius 2 is 0.966 bits per heavy atom. The fourth-order valence-electron chi connectivity index (χ4n) is 11.0. The Hall–Kier alpha value is -5.44. The highest BCUT2D eigenvalue weighted by Crippen LogP contribution is 2.57. The molecule has 11 rings (SSSR count). The molecule has 0 bridgehead atoms. The van der Waals surface area contributed by atoms with Crippen LogP contribution in [0.15, 0.2) is 140 Å². The first-order valence-electron chi connectivity index (χ1n) is 21.1. The molecule has 3 aliphatic rings. The molecule has 0 saturated carbocycles. The molecule has 0 unspecified atom stereocenters. The van der Waals surface area contributed by atoms with Gasteiger partial charge in [-0.3, -0.25) is 0 Å². The van der Waals surface area contributed by atoms with Gasteiger partial charge in [-0.2, -0.15) is 0 Å². The Bertz CT molecular complexity index is 3020. The number of rotatable bonds is 4. The summed E-state index contributed by atoms with van der Waals surface area (Å²) in [6, 6.07) is 53.6. The number of fused-ring (bicyclic) bond motifs is 10. The predicted molar refractivity (Wildman–Crippen MR) is 250 cm³/mol. The maximum Gasteiger partial charge on any atom is 0.0540 e. The van der Waals surface area contributed by atoms with E-state index in [2.05, 4.69) is 200 Å². The number of benzene rings is 7. The Morgan fingerprint density at radius 3 is 1.76 bits per heavy atom. The molecule has 0 aliphatic heterocycles. The molecule has 0 fully saturated rings. The van der Waals surface area contributed by atoms with Gasteiger partial charge in [-0.05, 0) is 139 Å². The van der Waals surface area contributed by atoms with Gasteiger partial charge in [0.15, 0.2) is 0 Å². The lowest BCUT2D eigenvalue weighted by Crippen LogP contribution is -2.34. The van der Waals surface area contributed by atoms with Gasteiger partial charge in [0.05, 0.1) is 5.69 Å². The lowest BCUT2D eigenvalue weighted by molar-refractivity contribution is 0.331. The fourth-order valence-corrected chi connectivity index (χ4v) is 12.1. The molecule has 0 radical (unpaired) electrons. The molecule has 0 N–H and O–H groups in total. The first-order chi connectivity index (χ1) is 27.7. The van der Waals surface area contributed by atoms with Crippen molar-refractivity contribution in [1.82, 2.24) is 0 Å². The number of anilines is 3. The molecule has 0 saturated heterocycles. The highest BCUT2D eigenvalue weighted by Gasteiger charge is 2.43. The molecule has 3 aliphatic carbocycles. The molecule has 8 aromatic rings. The van der Waals surface area contributed by atoms with Gasteiger partial charge in [0, 0.05) is 47.9 Å². The van der Waals surface area contributed by atoms with Gasteiger partial charge in [-0.25, -0.2) is 0 Å². The van der Waals surface area contributed by atoms with Gasteiger partial charge in [0.2, 0.25) is 0 Å². The summed E-state index contributed by atoms with van der Waals surface area (Å²) in [5.41, 5.74) is 20.3. The van der Waals surface area contributed by atoms with Crippen LogP contribution in [0.2, 0.25) is 0 Å². The zero-order valence-electron chi connectivity index (χ0n) is 35.0. The van der Waals surface area contributed by atoms with Crippen molar-refractivity contribution in [3.63, 3.8) is 0 Å². The maximum absolute atomic E-state index is 2.60. The molecule has 0 atom stereocenters. The third-order valence-corrected chi connectivity index (χ3v) is 15.7. The van der Waals surface area contributed by atoms with E-state index in [0.29, 0.717) is 0 Å². The second-order valence-corrected chi connectivity index (χ2v) is 20.7. The smallest absolute Gasteiger partial charge is 0.0540 e. The van der Waals surface area contributed by atoms with Crippen molar-refractivity contribution >= 4 is 48.6 Å². The lowest BCUT2D eigenvalue weighted by atomic mass is 9.62. The summed E-state index contributed by atoms with van der Waals surface area (Å²) < 4.78 is 2.66. The summed E-state index contributed by atoms with van der Waals surface area (Å²) >= 11 is 1.88. The van der Waals surface area contributed by atoms with Crippen molar-refractivity contribution in [1.29, 1.82) is 0 Å². The second-order valence-electron chi connectivity index (χ2n) is 19.6. The van der Waals surface area contributed by atoms with Crippen LogP contribution in [0.25, 0.3) is 53.6 Å². The minimum atomic E-state index is -0.112. The Labute approximate surface area is 348 Å². The molecule has 1 nitrogen and oxygen atoms in total. The van der Waals surface area contributed by atoms with Crippen LogP contribution in [-0.4, -0.2) is 0 Å². The Balaban J connectivity index is 1.14. The van der Waals surface area contributed by atoms with Gasteiger partial charge in [-0.1, -0.05) is 140 Å². The highest BCUT2D eigenvalue weighted by atomic mass is 32.1. The van der Waals surface area contributed by atoms with Crippen molar-refractivity contribution < 1.29 is 0 Å². The number of hydrogen-bond acceptors (Lipinski definition) is 2. The monoisotopic (exact) mass is 769 g/mol.